The molecule has 0 aliphatic carbocycles. The number of piperazine rings is 1. The van der Waals surface area contributed by atoms with Gasteiger partial charge in [0.1, 0.15) is 12.1 Å². The molecule has 4 nitrogen and oxygen atoms in total. The van der Waals surface area contributed by atoms with Crippen LogP contribution < -0.4 is 10.6 Å². The molecular formula is C10H18N2O2. The maximum Gasteiger partial charge on any atom is 0.243 e. The third kappa shape index (κ3) is 2.47. The molecule has 4 heteroatoms. The van der Waals surface area contributed by atoms with Crippen molar-refractivity contribution in [3.8, 4) is 0 Å². The summed E-state index contributed by atoms with van der Waals surface area (Å²) in [6.45, 7) is 3.95. The lowest BCUT2D eigenvalue weighted by atomic mass is 10.0. The fourth-order valence-electron chi connectivity index (χ4n) is 1.57. The van der Waals surface area contributed by atoms with Crippen LogP contribution in [0.25, 0.3) is 0 Å². The number of rotatable bonds is 4. The van der Waals surface area contributed by atoms with Crippen LogP contribution in [0.4, 0.5) is 0 Å². The minimum absolute atomic E-state index is 0.0371. The van der Waals surface area contributed by atoms with E-state index in [0.29, 0.717) is 6.42 Å². The minimum Gasteiger partial charge on any atom is -0.343 e. The maximum absolute atomic E-state index is 11.5. The Morgan fingerprint density at radius 1 is 1.07 bits per heavy atom. The second-order valence-corrected chi connectivity index (χ2v) is 3.67. The fraction of sp³-hybridized carbons (Fsp3) is 0.800. The van der Waals surface area contributed by atoms with Crippen molar-refractivity contribution in [2.45, 2.75) is 51.6 Å². The molecule has 2 atom stereocenters. The Morgan fingerprint density at radius 3 is 2.21 bits per heavy atom. The van der Waals surface area contributed by atoms with Gasteiger partial charge in [0.15, 0.2) is 0 Å². The molecule has 1 aliphatic heterocycles. The van der Waals surface area contributed by atoms with Crippen molar-refractivity contribution in [1.29, 1.82) is 0 Å². The first kappa shape index (κ1) is 11.0. The van der Waals surface area contributed by atoms with Gasteiger partial charge in [-0.2, -0.15) is 0 Å². The third-order valence-electron chi connectivity index (χ3n) is 2.52. The number of amides is 2. The van der Waals surface area contributed by atoms with Crippen molar-refractivity contribution >= 4 is 11.8 Å². The van der Waals surface area contributed by atoms with E-state index in [1.807, 2.05) is 6.92 Å². The topological polar surface area (TPSA) is 58.2 Å². The van der Waals surface area contributed by atoms with E-state index < -0.39 is 0 Å². The van der Waals surface area contributed by atoms with Gasteiger partial charge in [-0.1, -0.05) is 26.7 Å². The predicted octanol–water partition coefficient (Wildman–Crippen LogP) is 0.570. The van der Waals surface area contributed by atoms with Gasteiger partial charge in [-0.05, 0) is 12.8 Å². The van der Waals surface area contributed by atoms with E-state index in [1.54, 1.807) is 0 Å². The lowest BCUT2D eigenvalue weighted by Crippen LogP contribution is -2.61. The molecule has 80 valence electrons. The minimum atomic E-state index is -0.333. The number of unbranched alkanes of at least 4 members (excludes halogenated alkanes) is 1. The SMILES string of the molecule is CCCCC1NC(=O)C(CC)NC1=O. The van der Waals surface area contributed by atoms with Crippen LogP contribution in [0.3, 0.4) is 0 Å². The van der Waals surface area contributed by atoms with Crippen molar-refractivity contribution in [3.05, 3.63) is 0 Å². The van der Waals surface area contributed by atoms with Crippen LogP contribution in [-0.4, -0.2) is 23.9 Å². The first-order chi connectivity index (χ1) is 6.69. The van der Waals surface area contributed by atoms with Crippen molar-refractivity contribution in [2.75, 3.05) is 0 Å². The molecule has 14 heavy (non-hydrogen) atoms. The first-order valence-electron chi connectivity index (χ1n) is 5.29. The molecule has 1 rings (SSSR count). The van der Waals surface area contributed by atoms with E-state index in [4.69, 9.17) is 0 Å². The molecule has 1 fully saturated rings. The quantitative estimate of drug-likeness (QED) is 0.694. The summed E-state index contributed by atoms with van der Waals surface area (Å²) in [4.78, 5) is 22.9. The molecule has 0 spiro atoms. The van der Waals surface area contributed by atoms with Crippen molar-refractivity contribution in [3.63, 3.8) is 0 Å². The summed E-state index contributed by atoms with van der Waals surface area (Å²) in [5.41, 5.74) is 0. The molecule has 2 unspecified atom stereocenters. The molecular weight excluding hydrogens is 180 g/mol. The first-order valence-corrected chi connectivity index (χ1v) is 5.29. The van der Waals surface area contributed by atoms with Crippen molar-refractivity contribution < 1.29 is 9.59 Å². The van der Waals surface area contributed by atoms with Crippen LogP contribution in [-0.2, 0) is 9.59 Å². The number of carbonyl (C=O) groups excluding carboxylic acids is 2. The number of carbonyl (C=O) groups is 2. The molecule has 2 N–H and O–H groups in total. The van der Waals surface area contributed by atoms with E-state index in [2.05, 4.69) is 17.6 Å². The van der Waals surface area contributed by atoms with Crippen LogP contribution in [0.5, 0.6) is 0 Å². The molecule has 0 saturated carbocycles. The van der Waals surface area contributed by atoms with Crippen LogP contribution >= 0.6 is 0 Å². The molecule has 1 aliphatic rings. The van der Waals surface area contributed by atoms with Gasteiger partial charge in [0.05, 0.1) is 0 Å². The van der Waals surface area contributed by atoms with Crippen LogP contribution in [0, 0.1) is 0 Å². The second kappa shape index (κ2) is 4.98. The molecule has 0 radical (unpaired) electrons. The summed E-state index contributed by atoms with van der Waals surface area (Å²) in [5.74, 6) is -0.0851. The van der Waals surface area contributed by atoms with E-state index in [-0.39, 0.29) is 23.9 Å². The van der Waals surface area contributed by atoms with Gasteiger partial charge in [-0.25, -0.2) is 0 Å². The Hall–Kier alpha value is -1.06. The molecule has 1 saturated heterocycles. The Labute approximate surface area is 84.4 Å². The summed E-state index contributed by atoms with van der Waals surface area (Å²) in [6, 6.07) is -0.648. The van der Waals surface area contributed by atoms with Crippen LogP contribution in [0.2, 0.25) is 0 Å². The van der Waals surface area contributed by atoms with Crippen LogP contribution in [0.1, 0.15) is 39.5 Å². The Bertz CT molecular complexity index is 228. The van der Waals surface area contributed by atoms with E-state index >= 15 is 0 Å². The zero-order valence-corrected chi connectivity index (χ0v) is 8.80. The summed E-state index contributed by atoms with van der Waals surface area (Å²) >= 11 is 0. The molecule has 0 aromatic heterocycles. The van der Waals surface area contributed by atoms with E-state index in [1.165, 1.54) is 0 Å². The number of nitrogens with one attached hydrogen (secondary N) is 2. The van der Waals surface area contributed by atoms with Gasteiger partial charge in [-0.15, -0.1) is 0 Å². The third-order valence-corrected chi connectivity index (χ3v) is 2.52. The Morgan fingerprint density at radius 2 is 1.64 bits per heavy atom. The summed E-state index contributed by atoms with van der Waals surface area (Å²) in [6.07, 6.45) is 3.40. The summed E-state index contributed by atoms with van der Waals surface area (Å²) in [7, 11) is 0. The van der Waals surface area contributed by atoms with Gasteiger partial charge < -0.3 is 10.6 Å². The Balaban J connectivity index is 2.49. The molecule has 0 aromatic carbocycles. The predicted molar refractivity (Wildman–Crippen MR) is 53.7 cm³/mol. The normalized spacial score (nSPS) is 27.0. The largest absolute Gasteiger partial charge is 0.343 e. The monoisotopic (exact) mass is 198 g/mol. The fourth-order valence-corrected chi connectivity index (χ4v) is 1.57. The number of hydrogen-bond donors (Lipinski definition) is 2. The van der Waals surface area contributed by atoms with E-state index in [0.717, 1.165) is 19.3 Å². The smallest absolute Gasteiger partial charge is 0.243 e. The Kier molecular flexibility index (Phi) is 3.92. The zero-order valence-electron chi connectivity index (χ0n) is 8.80. The van der Waals surface area contributed by atoms with E-state index in [9.17, 15) is 9.59 Å². The second-order valence-electron chi connectivity index (χ2n) is 3.67. The van der Waals surface area contributed by atoms with Gasteiger partial charge in [0, 0.05) is 0 Å². The van der Waals surface area contributed by atoms with Crippen LogP contribution in [0.15, 0.2) is 0 Å². The average Bonchev–Trinajstić information content (AvgIpc) is 2.18. The zero-order chi connectivity index (χ0) is 10.6. The highest BCUT2D eigenvalue weighted by molar-refractivity contribution is 5.96. The van der Waals surface area contributed by atoms with Gasteiger partial charge in [0.25, 0.3) is 0 Å². The standard InChI is InChI=1S/C10H18N2O2/c1-3-5-6-8-10(14)11-7(4-2)9(13)12-8/h7-8H,3-6H2,1-2H3,(H,11,14)(H,12,13). The van der Waals surface area contributed by atoms with Crippen molar-refractivity contribution in [1.82, 2.24) is 10.6 Å². The highest BCUT2D eigenvalue weighted by Crippen LogP contribution is 2.07. The lowest BCUT2D eigenvalue weighted by Gasteiger charge is -2.28. The molecule has 0 aromatic rings. The highest BCUT2D eigenvalue weighted by atomic mass is 16.2. The van der Waals surface area contributed by atoms with Gasteiger partial charge >= 0.3 is 0 Å². The van der Waals surface area contributed by atoms with Gasteiger partial charge in [-0.3, -0.25) is 9.59 Å². The summed E-state index contributed by atoms with van der Waals surface area (Å²) < 4.78 is 0. The molecule has 2 amide bonds. The summed E-state index contributed by atoms with van der Waals surface area (Å²) in [5, 5.41) is 5.47. The molecule has 0 bridgehead atoms. The number of hydrogen-bond acceptors (Lipinski definition) is 2. The highest BCUT2D eigenvalue weighted by Gasteiger charge is 2.31. The van der Waals surface area contributed by atoms with Crippen molar-refractivity contribution in [2.24, 2.45) is 0 Å². The lowest BCUT2D eigenvalue weighted by molar-refractivity contribution is -0.137. The van der Waals surface area contributed by atoms with Gasteiger partial charge in [0.2, 0.25) is 11.8 Å². The molecule has 1 heterocycles. The average molecular weight is 198 g/mol. The maximum atomic E-state index is 11.5.